The van der Waals surface area contributed by atoms with Gasteiger partial charge in [0, 0.05) is 7.05 Å². The Morgan fingerprint density at radius 1 is 1.29 bits per heavy atom. The molecular weight excluding hydrogens is 218 g/mol. The van der Waals surface area contributed by atoms with Crippen molar-refractivity contribution >= 4 is 5.69 Å². The van der Waals surface area contributed by atoms with Crippen molar-refractivity contribution in [1.82, 2.24) is 9.97 Å². The number of para-hydroxylation sites is 1. The predicted octanol–water partition coefficient (Wildman–Crippen LogP) is 1.90. The van der Waals surface area contributed by atoms with Crippen molar-refractivity contribution in [3.63, 3.8) is 0 Å². The Morgan fingerprint density at radius 2 is 2.06 bits per heavy atom. The number of phenols is 1. The van der Waals surface area contributed by atoms with Gasteiger partial charge in [-0.1, -0.05) is 12.1 Å². The zero-order valence-electron chi connectivity index (χ0n) is 9.64. The molecule has 2 aromatic rings. The molecule has 2 N–H and O–H groups in total. The lowest BCUT2D eigenvalue weighted by Crippen LogP contribution is -1.99. The Kier molecular flexibility index (Phi) is 3.09. The third-order valence-electron chi connectivity index (χ3n) is 2.36. The van der Waals surface area contributed by atoms with E-state index in [0.717, 1.165) is 0 Å². The highest BCUT2D eigenvalue weighted by atomic mass is 16.5. The van der Waals surface area contributed by atoms with Crippen molar-refractivity contribution in [3.8, 4) is 23.0 Å². The first-order valence-electron chi connectivity index (χ1n) is 5.13. The van der Waals surface area contributed by atoms with E-state index >= 15 is 0 Å². The normalized spacial score (nSPS) is 10.0. The van der Waals surface area contributed by atoms with Gasteiger partial charge in [0.1, 0.15) is 11.4 Å². The zero-order chi connectivity index (χ0) is 12.3. The maximum absolute atomic E-state index is 9.72. The molecule has 0 aliphatic heterocycles. The molecule has 5 heteroatoms. The van der Waals surface area contributed by atoms with E-state index in [1.54, 1.807) is 31.4 Å². The molecule has 0 radical (unpaired) electrons. The van der Waals surface area contributed by atoms with Crippen molar-refractivity contribution in [1.29, 1.82) is 0 Å². The highest BCUT2D eigenvalue weighted by molar-refractivity contribution is 5.65. The first-order chi connectivity index (χ1) is 8.26. The van der Waals surface area contributed by atoms with Crippen LogP contribution in [0.15, 0.2) is 30.5 Å². The monoisotopic (exact) mass is 231 g/mol. The molecule has 0 fully saturated rings. The molecule has 1 aromatic carbocycles. The van der Waals surface area contributed by atoms with Gasteiger partial charge in [0.15, 0.2) is 5.82 Å². The van der Waals surface area contributed by atoms with Gasteiger partial charge in [0.25, 0.3) is 0 Å². The van der Waals surface area contributed by atoms with E-state index in [2.05, 4.69) is 15.3 Å². The first-order valence-corrected chi connectivity index (χ1v) is 5.13. The minimum absolute atomic E-state index is 0.145. The van der Waals surface area contributed by atoms with Gasteiger partial charge >= 0.3 is 0 Å². The predicted molar refractivity (Wildman–Crippen MR) is 65.2 cm³/mol. The smallest absolute Gasteiger partial charge is 0.240 e. The highest BCUT2D eigenvalue weighted by Crippen LogP contribution is 2.29. The highest BCUT2D eigenvalue weighted by Gasteiger charge is 2.10. The fourth-order valence-corrected chi connectivity index (χ4v) is 1.49. The van der Waals surface area contributed by atoms with Gasteiger partial charge < -0.3 is 15.2 Å². The van der Waals surface area contributed by atoms with Crippen LogP contribution in [0.4, 0.5) is 5.69 Å². The van der Waals surface area contributed by atoms with E-state index in [4.69, 9.17) is 4.74 Å². The summed E-state index contributed by atoms with van der Waals surface area (Å²) in [6, 6.07) is 6.91. The van der Waals surface area contributed by atoms with Gasteiger partial charge in [-0.25, -0.2) is 4.98 Å². The van der Waals surface area contributed by atoms with Crippen LogP contribution in [0.1, 0.15) is 0 Å². The number of aromatic hydroxyl groups is 1. The van der Waals surface area contributed by atoms with E-state index in [0.29, 0.717) is 23.0 Å². The van der Waals surface area contributed by atoms with Crippen LogP contribution >= 0.6 is 0 Å². The van der Waals surface area contributed by atoms with Gasteiger partial charge in [-0.3, -0.25) is 0 Å². The second-order valence-electron chi connectivity index (χ2n) is 3.38. The summed E-state index contributed by atoms with van der Waals surface area (Å²) in [6.45, 7) is 0. The average molecular weight is 231 g/mol. The van der Waals surface area contributed by atoms with Crippen LogP contribution < -0.4 is 10.1 Å². The van der Waals surface area contributed by atoms with Crippen molar-refractivity contribution < 1.29 is 9.84 Å². The summed E-state index contributed by atoms with van der Waals surface area (Å²) in [4.78, 5) is 8.41. The summed E-state index contributed by atoms with van der Waals surface area (Å²) in [6.07, 6.45) is 1.62. The molecule has 1 aromatic heterocycles. The van der Waals surface area contributed by atoms with E-state index in [1.165, 1.54) is 7.11 Å². The molecule has 0 aliphatic carbocycles. The first kappa shape index (κ1) is 11.2. The van der Waals surface area contributed by atoms with Gasteiger partial charge in [0.05, 0.1) is 18.9 Å². The summed E-state index contributed by atoms with van der Waals surface area (Å²) in [5.74, 6) is 1.02. The van der Waals surface area contributed by atoms with Crippen LogP contribution in [-0.2, 0) is 0 Å². The molecule has 88 valence electrons. The second kappa shape index (κ2) is 4.69. The summed E-state index contributed by atoms with van der Waals surface area (Å²) in [5, 5.41) is 12.6. The Labute approximate surface area is 99.1 Å². The van der Waals surface area contributed by atoms with E-state index in [9.17, 15) is 5.11 Å². The molecule has 0 saturated heterocycles. The quantitative estimate of drug-likeness (QED) is 0.844. The minimum Gasteiger partial charge on any atom is -0.507 e. The molecule has 0 aliphatic rings. The molecule has 17 heavy (non-hydrogen) atoms. The third-order valence-corrected chi connectivity index (χ3v) is 2.36. The molecule has 0 amide bonds. The van der Waals surface area contributed by atoms with Gasteiger partial charge in [-0.15, -0.1) is 0 Å². The second-order valence-corrected chi connectivity index (χ2v) is 3.38. The Balaban J connectivity index is 2.50. The van der Waals surface area contributed by atoms with Crippen molar-refractivity contribution in [3.05, 3.63) is 30.5 Å². The van der Waals surface area contributed by atoms with Crippen LogP contribution in [0.3, 0.4) is 0 Å². The average Bonchev–Trinajstić information content (AvgIpc) is 2.38. The number of nitrogens with zero attached hydrogens (tertiary/aromatic N) is 2. The van der Waals surface area contributed by atoms with E-state index < -0.39 is 0 Å². The summed E-state index contributed by atoms with van der Waals surface area (Å²) in [5.41, 5.74) is 1.28. The number of methoxy groups -OCH3 is 1. The van der Waals surface area contributed by atoms with Gasteiger partial charge in [-0.05, 0) is 12.1 Å². The van der Waals surface area contributed by atoms with E-state index in [-0.39, 0.29) is 5.75 Å². The molecule has 1 heterocycles. The number of hydrogen-bond acceptors (Lipinski definition) is 5. The number of aromatic nitrogens is 2. The number of benzene rings is 1. The fourth-order valence-electron chi connectivity index (χ4n) is 1.49. The number of hydrogen-bond donors (Lipinski definition) is 2. The number of nitrogens with one attached hydrogen (secondary N) is 1. The molecule has 0 saturated carbocycles. The molecule has 0 unspecified atom stereocenters. The minimum atomic E-state index is 0.145. The lowest BCUT2D eigenvalue weighted by molar-refractivity contribution is 0.399. The lowest BCUT2D eigenvalue weighted by atomic mass is 10.2. The summed E-state index contributed by atoms with van der Waals surface area (Å²) in [7, 11) is 3.30. The Bertz CT molecular complexity index is 529. The van der Waals surface area contributed by atoms with Crippen LogP contribution in [0.5, 0.6) is 11.6 Å². The number of anilines is 1. The summed E-state index contributed by atoms with van der Waals surface area (Å²) >= 11 is 0. The standard InChI is InChI=1S/C12H13N3O2/c1-13-9-7-14-11(15-12(9)17-2)8-5-3-4-6-10(8)16/h3-7,13,16H,1-2H3. The molecule has 5 nitrogen and oxygen atoms in total. The van der Waals surface area contributed by atoms with Gasteiger partial charge in [0.2, 0.25) is 5.88 Å². The van der Waals surface area contributed by atoms with Crippen LogP contribution in [0, 0.1) is 0 Å². The maximum atomic E-state index is 9.72. The molecule has 0 atom stereocenters. The van der Waals surface area contributed by atoms with Crippen LogP contribution in [0.2, 0.25) is 0 Å². The number of rotatable bonds is 3. The van der Waals surface area contributed by atoms with Crippen molar-refractivity contribution in [2.24, 2.45) is 0 Å². The Morgan fingerprint density at radius 3 is 2.71 bits per heavy atom. The fraction of sp³-hybridized carbons (Fsp3) is 0.167. The number of ether oxygens (including phenoxy) is 1. The molecular formula is C12H13N3O2. The molecule has 2 rings (SSSR count). The van der Waals surface area contributed by atoms with Crippen LogP contribution in [-0.4, -0.2) is 29.2 Å². The zero-order valence-corrected chi connectivity index (χ0v) is 9.64. The number of phenolic OH excluding ortho intramolecular Hbond substituents is 1. The largest absolute Gasteiger partial charge is 0.507 e. The van der Waals surface area contributed by atoms with Crippen molar-refractivity contribution in [2.75, 3.05) is 19.5 Å². The Hall–Kier alpha value is -2.30. The SMILES string of the molecule is CNc1cnc(-c2ccccc2O)nc1OC. The lowest BCUT2D eigenvalue weighted by Gasteiger charge is -2.08. The van der Waals surface area contributed by atoms with E-state index in [1.807, 2.05) is 6.07 Å². The third kappa shape index (κ3) is 2.13. The molecule has 0 spiro atoms. The van der Waals surface area contributed by atoms with Crippen LogP contribution in [0.25, 0.3) is 11.4 Å². The molecule has 0 bridgehead atoms. The van der Waals surface area contributed by atoms with Gasteiger partial charge in [-0.2, -0.15) is 4.98 Å². The topological polar surface area (TPSA) is 67.3 Å². The maximum Gasteiger partial charge on any atom is 0.240 e. The van der Waals surface area contributed by atoms with Crippen molar-refractivity contribution in [2.45, 2.75) is 0 Å². The summed E-state index contributed by atoms with van der Waals surface area (Å²) < 4.78 is 5.14.